The zero-order valence-corrected chi connectivity index (χ0v) is 15.3. The number of hydrogen-bond acceptors (Lipinski definition) is 7. The van der Waals surface area contributed by atoms with Gasteiger partial charge in [0.15, 0.2) is 11.5 Å². The minimum absolute atomic E-state index is 0.334. The second kappa shape index (κ2) is 6.38. The van der Waals surface area contributed by atoms with E-state index in [9.17, 15) is 4.79 Å². The molecule has 0 saturated carbocycles. The van der Waals surface area contributed by atoms with Crippen LogP contribution in [-0.2, 0) is 4.74 Å². The molecular formula is C18H16N4O3S. The maximum atomic E-state index is 12.2. The van der Waals surface area contributed by atoms with Crippen molar-refractivity contribution in [2.75, 3.05) is 13.7 Å². The first-order valence-corrected chi connectivity index (χ1v) is 8.90. The molecule has 8 heteroatoms. The highest BCUT2D eigenvalue weighted by molar-refractivity contribution is 7.20. The molecule has 0 amide bonds. The number of methoxy groups -OCH3 is 1. The lowest BCUT2D eigenvalue weighted by atomic mass is 10.2. The second-order valence-electron chi connectivity index (χ2n) is 5.64. The van der Waals surface area contributed by atoms with Crippen LogP contribution in [0.5, 0.6) is 5.75 Å². The highest BCUT2D eigenvalue weighted by atomic mass is 32.1. The van der Waals surface area contributed by atoms with Crippen molar-refractivity contribution in [1.82, 2.24) is 19.6 Å². The van der Waals surface area contributed by atoms with E-state index in [-0.39, 0.29) is 5.97 Å². The third kappa shape index (κ3) is 2.59. The topological polar surface area (TPSA) is 78.6 Å². The van der Waals surface area contributed by atoms with Gasteiger partial charge in [-0.1, -0.05) is 12.1 Å². The summed E-state index contributed by atoms with van der Waals surface area (Å²) in [6.07, 6.45) is 1.61. The summed E-state index contributed by atoms with van der Waals surface area (Å²) < 4.78 is 12.0. The fraction of sp³-hybridized carbons (Fsp3) is 0.222. The van der Waals surface area contributed by atoms with Gasteiger partial charge in [-0.3, -0.25) is 0 Å². The molecule has 0 N–H and O–H groups in total. The fourth-order valence-electron chi connectivity index (χ4n) is 2.81. The van der Waals surface area contributed by atoms with Crippen LogP contribution in [0, 0.1) is 6.92 Å². The number of carbonyl (C=O) groups excluding carboxylic acids is 1. The Morgan fingerprint density at radius 3 is 2.96 bits per heavy atom. The van der Waals surface area contributed by atoms with E-state index < -0.39 is 0 Å². The number of thiophene rings is 1. The van der Waals surface area contributed by atoms with Crippen molar-refractivity contribution in [3.63, 3.8) is 0 Å². The van der Waals surface area contributed by atoms with Gasteiger partial charge in [0.25, 0.3) is 0 Å². The van der Waals surface area contributed by atoms with E-state index in [4.69, 9.17) is 9.47 Å². The molecule has 7 nitrogen and oxygen atoms in total. The molecule has 0 aliphatic heterocycles. The molecule has 0 aliphatic carbocycles. The van der Waals surface area contributed by atoms with Gasteiger partial charge in [-0.15, -0.1) is 16.4 Å². The zero-order valence-electron chi connectivity index (χ0n) is 14.5. The highest BCUT2D eigenvalue weighted by Gasteiger charge is 2.21. The van der Waals surface area contributed by atoms with Crippen molar-refractivity contribution in [2.45, 2.75) is 13.8 Å². The fourth-order valence-corrected chi connectivity index (χ4v) is 3.85. The predicted molar refractivity (Wildman–Crippen MR) is 98.8 cm³/mol. The first kappa shape index (κ1) is 16.5. The quantitative estimate of drug-likeness (QED) is 0.513. The van der Waals surface area contributed by atoms with Crippen molar-refractivity contribution in [3.8, 4) is 17.1 Å². The number of nitrogens with zero attached hydrogens (tertiary/aromatic N) is 4. The van der Waals surface area contributed by atoms with Gasteiger partial charge in [0.1, 0.15) is 21.8 Å². The molecule has 0 radical (unpaired) electrons. The maximum absolute atomic E-state index is 12.2. The molecule has 0 fully saturated rings. The Bertz CT molecular complexity index is 1130. The van der Waals surface area contributed by atoms with Gasteiger partial charge in [-0.05, 0) is 31.5 Å². The highest BCUT2D eigenvalue weighted by Crippen LogP contribution is 2.33. The minimum atomic E-state index is -0.335. The van der Waals surface area contributed by atoms with Crippen molar-refractivity contribution in [1.29, 1.82) is 0 Å². The molecule has 1 aromatic carbocycles. The molecule has 4 rings (SSSR count). The van der Waals surface area contributed by atoms with Gasteiger partial charge in [-0.25, -0.2) is 19.3 Å². The summed E-state index contributed by atoms with van der Waals surface area (Å²) in [6.45, 7) is 4.00. The summed E-state index contributed by atoms with van der Waals surface area (Å²) in [5.41, 5.74) is 2.32. The summed E-state index contributed by atoms with van der Waals surface area (Å²) in [5.74, 6) is 0.973. The molecule has 0 saturated heterocycles. The summed E-state index contributed by atoms with van der Waals surface area (Å²) in [4.78, 5) is 22.6. The first-order valence-electron chi connectivity index (χ1n) is 8.08. The third-order valence-electron chi connectivity index (χ3n) is 4.06. The number of aryl methyl sites for hydroxylation is 1. The van der Waals surface area contributed by atoms with E-state index in [0.29, 0.717) is 23.0 Å². The molecule has 4 aromatic rings. The lowest BCUT2D eigenvalue weighted by molar-refractivity contribution is 0.0531. The average molecular weight is 368 g/mol. The Labute approximate surface area is 153 Å². The van der Waals surface area contributed by atoms with E-state index >= 15 is 0 Å². The maximum Gasteiger partial charge on any atom is 0.348 e. The van der Waals surface area contributed by atoms with Crippen LogP contribution in [0.4, 0.5) is 0 Å². The number of esters is 1. The van der Waals surface area contributed by atoms with Crippen LogP contribution in [0.2, 0.25) is 0 Å². The summed E-state index contributed by atoms with van der Waals surface area (Å²) in [7, 11) is 1.62. The lowest BCUT2D eigenvalue weighted by Gasteiger charge is -2.00. The molecule has 0 bridgehead atoms. The molecule has 132 valence electrons. The molecule has 0 aliphatic rings. The van der Waals surface area contributed by atoms with Gasteiger partial charge in [0.05, 0.1) is 19.1 Å². The van der Waals surface area contributed by atoms with E-state index in [0.717, 1.165) is 27.1 Å². The Balaban J connectivity index is 1.90. The Kier molecular flexibility index (Phi) is 4.04. The van der Waals surface area contributed by atoms with Crippen LogP contribution < -0.4 is 4.74 Å². The van der Waals surface area contributed by atoms with Gasteiger partial charge in [-0.2, -0.15) is 0 Å². The van der Waals surface area contributed by atoms with E-state index in [1.807, 2.05) is 31.2 Å². The zero-order chi connectivity index (χ0) is 18.3. The Morgan fingerprint density at radius 2 is 2.19 bits per heavy atom. The summed E-state index contributed by atoms with van der Waals surface area (Å²) >= 11 is 1.31. The van der Waals surface area contributed by atoms with Crippen LogP contribution in [-0.4, -0.2) is 39.3 Å². The lowest BCUT2D eigenvalue weighted by Crippen LogP contribution is -2.03. The smallest absolute Gasteiger partial charge is 0.348 e. The Morgan fingerprint density at radius 1 is 1.35 bits per heavy atom. The number of aromatic nitrogens is 4. The summed E-state index contributed by atoms with van der Waals surface area (Å²) in [5, 5.41) is 5.34. The SMILES string of the molecule is CCOC(=O)c1sc2ncn3nc(-c4cccc(OC)c4)nc3c2c1C. The number of ether oxygens (including phenoxy) is 2. The predicted octanol–water partition coefficient (Wildman–Crippen LogP) is 3.50. The molecular weight excluding hydrogens is 352 g/mol. The molecule has 0 atom stereocenters. The second-order valence-corrected chi connectivity index (χ2v) is 6.64. The summed E-state index contributed by atoms with van der Waals surface area (Å²) in [6, 6.07) is 7.56. The van der Waals surface area contributed by atoms with Gasteiger partial charge < -0.3 is 9.47 Å². The van der Waals surface area contributed by atoms with Crippen LogP contribution in [0.25, 0.3) is 27.3 Å². The normalized spacial score (nSPS) is 11.2. The van der Waals surface area contributed by atoms with Gasteiger partial charge in [0.2, 0.25) is 0 Å². The van der Waals surface area contributed by atoms with Crippen LogP contribution in [0.15, 0.2) is 30.6 Å². The van der Waals surface area contributed by atoms with Crippen molar-refractivity contribution >= 4 is 33.2 Å². The third-order valence-corrected chi connectivity index (χ3v) is 5.24. The number of fused-ring (bicyclic) bond motifs is 3. The minimum Gasteiger partial charge on any atom is -0.497 e. The monoisotopic (exact) mass is 368 g/mol. The largest absolute Gasteiger partial charge is 0.497 e. The number of rotatable bonds is 4. The van der Waals surface area contributed by atoms with Crippen LogP contribution >= 0.6 is 11.3 Å². The first-order chi connectivity index (χ1) is 12.6. The van der Waals surface area contributed by atoms with Crippen LogP contribution in [0.1, 0.15) is 22.2 Å². The van der Waals surface area contributed by atoms with Crippen molar-refractivity contribution < 1.29 is 14.3 Å². The standard InChI is InChI=1S/C18H16N4O3S/c1-4-25-18(23)14-10(2)13-16-20-15(11-6-5-7-12(8-11)24-3)21-22(16)9-19-17(13)26-14/h5-9H,4H2,1-3H3. The van der Waals surface area contributed by atoms with Crippen molar-refractivity contribution in [3.05, 3.63) is 41.0 Å². The average Bonchev–Trinajstić information content (AvgIpc) is 3.23. The molecule has 26 heavy (non-hydrogen) atoms. The molecule has 0 spiro atoms. The molecule has 0 unspecified atom stereocenters. The number of carbonyl (C=O) groups is 1. The van der Waals surface area contributed by atoms with Crippen LogP contribution in [0.3, 0.4) is 0 Å². The van der Waals surface area contributed by atoms with Gasteiger partial charge >= 0.3 is 5.97 Å². The Hall–Kier alpha value is -3.00. The molecule has 3 heterocycles. The number of benzene rings is 1. The van der Waals surface area contributed by atoms with Gasteiger partial charge in [0, 0.05) is 5.56 Å². The molecule has 3 aromatic heterocycles. The van der Waals surface area contributed by atoms with E-state index in [1.54, 1.807) is 24.9 Å². The van der Waals surface area contributed by atoms with E-state index in [1.165, 1.54) is 11.3 Å². The van der Waals surface area contributed by atoms with Crippen molar-refractivity contribution in [2.24, 2.45) is 0 Å². The van der Waals surface area contributed by atoms with E-state index in [2.05, 4.69) is 15.1 Å². The number of hydrogen-bond donors (Lipinski definition) is 0.